The first-order valence-corrected chi connectivity index (χ1v) is 11.4. The van der Waals surface area contributed by atoms with Gasteiger partial charge in [-0.2, -0.15) is 9.97 Å². The zero-order valence-electron chi connectivity index (χ0n) is 17.6. The summed E-state index contributed by atoms with van der Waals surface area (Å²) in [5.41, 5.74) is 2.48. The molecule has 4 atom stereocenters. The Balaban J connectivity index is 1.47. The fourth-order valence-corrected chi connectivity index (χ4v) is 5.83. The molecule has 6 rings (SSSR count). The molecule has 1 aromatic carbocycles. The third-order valence-corrected chi connectivity index (χ3v) is 7.43. The highest BCUT2D eigenvalue weighted by atomic mass is 35.5. The molecular formula is C22H23ClFN5O4. The van der Waals surface area contributed by atoms with Crippen LogP contribution < -0.4 is 4.90 Å². The highest BCUT2D eigenvalue weighted by molar-refractivity contribution is 6.28. The lowest BCUT2D eigenvalue weighted by molar-refractivity contribution is -0.0511. The van der Waals surface area contributed by atoms with Crippen molar-refractivity contribution < 1.29 is 24.4 Å². The maximum atomic E-state index is 14.2. The van der Waals surface area contributed by atoms with Gasteiger partial charge in [0.25, 0.3) is 0 Å². The van der Waals surface area contributed by atoms with Crippen LogP contribution in [0, 0.1) is 5.82 Å². The predicted molar refractivity (Wildman–Crippen MR) is 117 cm³/mol. The molecule has 1 saturated heterocycles. The van der Waals surface area contributed by atoms with Gasteiger partial charge in [0.05, 0.1) is 12.9 Å². The summed E-state index contributed by atoms with van der Waals surface area (Å²) in [6.45, 7) is 0.195. The summed E-state index contributed by atoms with van der Waals surface area (Å²) in [6, 6.07) is 4.83. The van der Waals surface area contributed by atoms with Crippen LogP contribution in [-0.2, 0) is 10.2 Å². The molecule has 174 valence electrons. The first kappa shape index (κ1) is 21.2. The number of aliphatic hydroxyl groups is 3. The molecule has 3 N–H and O–H groups in total. The summed E-state index contributed by atoms with van der Waals surface area (Å²) in [5, 5.41) is 30.1. The Morgan fingerprint density at radius 3 is 2.70 bits per heavy atom. The number of imidazole rings is 1. The Morgan fingerprint density at radius 1 is 1.18 bits per heavy atom. The fourth-order valence-electron chi connectivity index (χ4n) is 5.67. The number of hydrogen-bond donors (Lipinski definition) is 3. The minimum absolute atomic E-state index is 0.0120. The molecule has 1 spiro atoms. The van der Waals surface area contributed by atoms with Crippen LogP contribution in [0.25, 0.3) is 11.2 Å². The SMILES string of the molecule is OC[C@H]1O[C@@H](n2cnc3c(N4CC5(CCCC5)c5cc(F)ccc54)nc(Cl)nc32)C(O)[C@H]1O. The molecule has 2 aromatic heterocycles. The number of hydrogen-bond acceptors (Lipinski definition) is 8. The van der Waals surface area contributed by atoms with Crippen LogP contribution in [0.1, 0.15) is 37.5 Å². The Hall–Kier alpha value is -2.37. The maximum Gasteiger partial charge on any atom is 0.226 e. The Bertz CT molecular complexity index is 1230. The minimum Gasteiger partial charge on any atom is -0.394 e. The highest BCUT2D eigenvalue weighted by Gasteiger charge is 2.47. The highest BCUT2D eigenvalue weighted by Crippen LogP contribution is 2.53. The van der Waals surface area contributed by atoms with Gasteiger partial charge in [0.15, 0.2) is 23.2 Å². The number of aliphatic hydroxyl groups excluding tert-OH is 3. The molecule has 0 radical (unpaired) electrons. The minimum atomic E-state index is -1.28. The molecule has 11 heteroatoms. The first-order chi connectivity index (χ1) is 15.9. The lowest BCUT2D eigenvalue weighted by Crippen LogP contribution is -2.33. The second kappa shape index (κ2) is 7.57. The van der Waals surface area contributed by atoms with Crippen molar-refractivity contribution in [3.63, 3.8) is 0 Å². The molecule has 9 nitrogen and oxygen atoms in total. The topological polar surface area (TPSA) is 117 Å². The van der Waals surface area contributed by atoms with Gasteiger partial charge in [0.2, 0.25) is 5.28 Å². The van der Waals surface area contributed by atoms with E-state index >= 15 is 0 Å². The van der Waals surface area contributed by atoms with Gasteiger partial charge in [0.1, 0.15) is 24.1 Å². The summed E-state index contributed by atoms with van der Waals surface area (Å²) in [5.74, 6) is 0.230. The van der Waals surface area contributed by atoms with Gasteiger partial charge >= 0.3 is 0 Å². The second-order valence-corrected chi connectivity index (χ2v) is 9.44. The van der Waals surface area contributed by atoms with Crippen molar-refractivity contribution in [2.75, 3.05) is 18.1 Å². The van der Waals surface area contributed by atoms with Gasteiger partial charge in [-0.05, 0) is 48.2 Å². The fraction of sp³-hybridized carbons (Fsp3) is 0.500. The zero-order chi connectivity index (χ0) is 22.9. The number of nitrogens with zero attached hydrogens (tertiary/aromatic N) is 5. The molecule has 3 aliphatic rings. The van der Waals surface area contributed by atoms with E-state index in [-0.39, 0.29) is 16.5 Å². The molecule has 2 fully saturated rings. The number of benzene rings is 1. The molecule has 2 aliphatic heterocycles. The molecule has 1 aliphatic carbocycles. The van der Waals surface area contributed by atoms with Crippen molar-refractivity contribution in [1.29, 1.82) is 0 Å². The van der Waals surface area contributed by atoms with Gasteiger partial charge < -0.3 is 25.0 Å². The lowest BCUT2D eigenvalue weighted by Gasteiger charge is -2.25. The summed E-state index contributed by atoms with van der Waals surface area (Å²) in [7, 11) is 0. The average Bonchev–Trinajstić information content (AvgIpc) is 3.56. The number of anilines is 2. The smallest absolute Gasteiger partial charge is 0.226 e. The van der Waals surface area contributed by atoms with Crippen LogP contribution in [0.3, 0.4) is 0 Å². The average molecular weight is 476 g/mol. The van der Waals surface area contributed by atoms with Crippen LogP contribution >= 0.6 is 11.6 Å². The van der Waals surface area contributed by atoms with Crippen molar-refractivity contribution >= 4 is 34.3 Å². The number of halogens is 2. The van der Waals surface area contributed by atoms with Crippen LogP contribution in [0.4, 0.5) is 15.9 Å². The predicted octanol–water partition coefficient (Wildman–Crippen LogP) is 2.19. The quantitative estimate of drug-likeness (QED) is 0.494. The molecule has 0 bridgehead atoms. The van der Waals surface area contributed by atoms with Crippen LogP contribution in [0.15, 0.2) is 24.5 Å². The van der Waals surface area contributed by atoms with Crippen LogP contribution in [0.2, 0.25) is 5.28 Å². The molecule has 33 heavy (non-hydrogen) atoms. The van der Waals surface area contributed by atoms with Gasteiger partial charge in [-0.15, -0.1) is 0 Å². The van der Waals surface area contributed by atoms with Crippen molar-refractivity contribution in [1.82, 2.24) is 19.5 Å². The van der Waals surface area contributed by atoms with E-state index in [0.717, 1.165) is 36.9 Å². The second-order valence-electron chi connectivity index (χ2n) is 9.10. The third kappa shape index (κ3) is 3.08. The van der Waals surface area contributed by atoms with E-state index < -0.39 is 31.1 Å². The zero-order valence-corrected chi connectivity index (χ0v) is 18.4. The van der Waals surface area contributed by atoms with E-state index in [4.69, 9.17) is 16.3 Å². The summed E-state index contributed by atoms with van der Waals surface area (Å²) in [4.78, 5) is 15.3. The number of fused-ring (bicyclic) bond motifs is 3. The number of rotatable bonds is 3. The maximum absolute atomic E-state index is 14.2. The Kier molecular flexibility index (Phi) is 4.86. The number of aromatic nitrogens is 4. The van der Waals surface area contributed by atoms with E-state index in [0.29, 0.717) is 23.5 Å². The van der Waals surface area contributed by atoms with Crippen molar-refractivity contribution in [3.8, 4) is 0 Å². The van der Waals surface area contributed by atoms with E-state index in [1.165, 1.54) is 17.0 Å². The normalized spacial score (nSPS) is 28.3. The molecule has 3 aromatic rings. The third-order valence-electron chi connectivity index (χ3n) is 7.26. The van der Waals surface area contributed by atoms with Crippen LogP contribution in [-0.4, -0.2) is 66.3 Å². The van der Waals surface area contributed by atoms with Crippen molar-refractivity contribution in [3.05, 3.63) is 41.2 Å². The van der Waals surface area contributed by atoms with E-state index in [1.807, 2.05) is 4.90 Å². The molecule has 1 saturated carbocycles. The summed E-state index contributed by atoms with van der Waals surface area (Å²) in [6.07, 6.45) is 1.10. The first-order valence-electron chi connectivity index (χ1n) is 11.0. The van der Waals surface area contributed by atoms with Crippen molar-refractivity contribution in [2.45, 2.75) is 55.6 Å². The molecule has 0 amide bonds. The number of ether oxygens (including phenoxy) is 1. The van der Waals surface area contributed by atoms with E-state index in [1.54, 1.807) is 12.1 Å². The standard InChI is InChI=1S/C22H23ClFN5O4/c23-21-26-18(28-9-22(5-1-2-6-22)12-7-11(24)3-4-13(12)28)15-19(27-21)29(10-25-15)20-17(32)16(31)14(8-30)33-20/h3-4,7,10,14,16-17,20,30-32H,1-2,5-6,8-9H2/t14-,16+,17?,20-/m1/s1. The molecular weight excluding hydrogens is 453 g/mol. The monoisotopic (exact) mass is 475 g/mol. The molecule has 4 heterocycles. The van der Waals surface area contributed by atoms with E-state index in [9.17, 15) is 19.7 Å². The van der Waals surface area contributed by atoms with Gasteiger partial charge in [-0.25, -0.2) is 9.37 Å². The van der Waals surface area contributed by atoms with Gasteiger partial charge in [0, 0.05) is 17.6 Å². The Labute approximate surface area is 193 Å². The van der Waals surface area contributed by atoms with Crippen molar-refractivity contribution in [2.24, 2.45) is 0 Å². The summed E-state index contributed by atoms with van der Waals surface area (Å²) < 4.78 is 21.3. The van der Waals surface area contributed by atoms with Gasteiger partial charge in [-0.1, -0.05) is 12.8 Å². The van der Waals surface area contributed by atoms with E-state index in [2.05, 4.69) is 15.0 Å². The molecule has 1 unspecified atom stereocenters. The largest absolute Gasteiger partial charge is 0.394 e. The lowest BCUT2D eigenvalue weighted by atomic mass is 9.81. The van der Waals surface area contributed by atoms with Crippen LogP contribution in [0.5, 0.6) is 0 Å². The van der Waals surface area contributed by atoms with Gasteiger partial charge in [-0.3, -0.25) is 4.57 Å². The Morgan fingerprint density at radius 2 is 1.97 bits per heavy atom. The summed E-state index contributed by atoms with van der Waals surface area (Å²) >= 11 is 6.32.